The molecule has 3 rings (SSSR count). The molecule has 0 spiro atoms. The van der Waals surface area contributed by atoms with Gasteiger partial charge in [-0.05, 0) is 55.7 Å². The molecule has 0 amide bonds. The Morgan fingerprint density at radius 3 is 2.72 bits per heavy atom. The van der Waals surface area contributed by atoms with Crippen LogP contribution < -0.4 is 0 Å². The van der Waals surface area contributed by atoms with Gasteiger partial charge in [0.2, 0.25) is 0 Å². The average Bonchev–Trinajstić information content (AvgIpc) is 2.61. The summed E-state index contributed by atoms with van der Waals surface area (Å²) in [7, 11) is 0. The van der Waals surface area contributed by atoms with Gasteiger partial charge in [0.15, 0.2) is 0 Å². The smallest absolute Gasteiger partial charge is 0.126 e. The number of nitrogens with zero attached hydrogens (tertiary/aromatic N) is 3. The number of allylic oxidation sites excluding steroid dienone is 3. The Labute approximate surface area is 148 Å². The normalized spacial score (nSPS) is 15.3. The highest BCUT2D eigenvalue weighted by molar-refractivity contribution is 5.75. The first-order valence-electron chi connectivity index (χ1n) is 8.45. The standard InChI is InChI=1S/C21H22FN3/c1-5-17-6-7-18(13-20(17)22)15(3)25-11-9-19(12-14(25)2)21-8-10-23-16(4)24-21/h6-13,15H,2,5H2,1,3-4H3. The number of aryl methyl sites for hydroxylation is 2. The minimum atomic E-state index is -0.147. The summed E-state index contributed by atoms with van der Waals surface area (Å²) >= 11 is 0. The van der Waals surface area contributed by atoms with Crippen LogP contribution in [0.2, 0.25) is 0 Å². The fraction of sp³-hybridized carbons (Fsp3) is 0.238. The molecule has 0 N–H and O–H groups in total. The van der Waals surface area contributed by atoms with Crippen molar-refractivity contribution in [1.29, 1.82) is 0 Å². The van der Waals surface area contributed by atoms with Crippen LogP contribution in [0.25, 0.3) is 5.57 Å². The van der Waals surface area contributed by atoms with Crippen molar-refractivity contribution in [3.63, 3.8) is 0 Å². The van der Waals surface area contributed by atoms with Crippen molar-refractivity contribution < 1.29 is 4.39 Å². The Bertz CT molecular complexity index is 867. The molecule has 0 bridgehead atoms. The fourth-order valence-electron chi connectivity index (χ4n) is 2.98. The van der Waals surface area contributed by atoms with Crippen molar-refractivity contribution >= 4 is 5.57 Å². The fourth-order valence-corrected chi connectivity index (χ4v) is 2.98. The van der Waals surface area contributed by atoms with Gasteiger partial charge in [-0.3, -0.25) is 0 Å². The lowest BCUT2D eigenvalue weighted by Crippen LogP contribution is -2.21. The summed E-state index contributed by atoms with van der Waals surface area (Å²) in [6.07, 6.45) is 8.42. The maximum absolute atomic E-state index is 14.1. The van der Waals surface area contributed by atoms with Gasteiger partial charge in [0.1, 0.15) is 11.6 Å². The van der Waals surface area contributed by atoms with Gasteiger partial charge in [0.25, 0.3) is 0 Å². The maximum Gasteiger partial charge on any atom is 0.126 e. The van der Waals surface area contributed by atoms with Crippen molar-refractivity contribution in [1.82, 2.24) is 14.9 Å². The number of hydrogen-bond acceptors (Lipinski definition) is 3. The molecule has 128 valence electrons. The van der Waals surface area contributed by atoms with E-state index in [0.29, 0.717) is 6.42 Å². The molecule has 3 nitrogen and oxygen atoms in total. The van der Waals surface area contributed by atoms with Crippen LogP contribution in [0.15, 0.2) is 61.1 Å². The lowest BCUT2D eigenvalue weighted by molar-refractivity contribution is 0.378. The Hall–Kier alpha value is -2.75. The third-order valence-electron chi connectivity index (χ3n) is 4.50. The van der Waals surface area contributed by atoms with Crippen LogP contribution in [0.3, 0.4) is 0 Å². The van der Waals surface area contributed by atoms with Crippen molar-refractivity contribution in [2.24, 2.45) is 0 Å². The van der Waals surface area contributed by atoms with E-state index in [-0.39, 0.29) is 11.9 Å². The Morgan fingerprint density at radius 1 is 1.28 bits per heavy atom. The largest absolute Gasteiger partial charge is 0.341 e. The van der Waals surface area contributed by atoms with Crippen LogP contribution in [-0.4, -0.2) is 14.9 Å². The summed E-state index contributed by atoms with van der Waals surface area (Å²) in [5.74, 6) is 0.589. The molecule has 25 heavy (non-hydrogen) atoms. The minimum Gasteiger partial charge on any atom is -0.341 e. The van der Waals surface area contributed by atoms with E-state index in [1.54, 1.807) is 12.3 Å². The van der Waals surface area contributed by atoms with Gasteiger partial charge >= 0.3 is 0 Å². The second-order valence-electron chi connectivity index (χ2n) is 6.18. The molecule has 0 fully saturated rings. The number of halogens is 1. The SMILES string of the molecule is C=C1C=C(c2ccnc(C)n2)C=CN1C(C)c1ccc(CC)c(F)c1. The van der Waals surface area contributed by atoms with E-state index >= 15 is 0 Å². The molecule has 0 saturated carbocycles. The number of benzene rings is 1. The molecule has 1 aromatic heterocycles. The van der Waals surface area contributed by atoms with E-state index in [9.17, 15) is 4.39 Å². The van der Waals surface area contributed by atoms with Crippen LogP contribution in [0.1, 0.15) is 42.5 Å². The van der Waals surface area contributed by atoms with E-state index in [0.717, 1.165) is 33.9 Å². The molecule has 2 heterocycles. The Balaban J connectivity index is 1.83. The molecule has 4 heteroatoms. The van der Waals surface area contributed by atoms with Gasteiger partial charge in [-0.15, -0.1) is 0 Å². The lowest BCUT2D eigenvalue weighted by atomic mass is 10.0. The molecular weight excluding hydrogens is 313 g/mol. The number of hydrogen-bond donors (Lipinski definition) is 0. The molecule has 0 saturated heterocycles. The van der Waals surface area contributed by atoms with E-state index < -0.39 is 0 Å². The maximum atomic E-state index is 14.1. The predicted octanol–water partition coefficient (Wildman–Crippen LogP) is 4.97. The Kier molecular flexibility index (Phi) is 4.79. The third kappa shape index (κ3) is 3.53. The van der Waals surface area contributed by atoms with E-state index in [2.05, 4.69) is 16.5 Å². The zero-order valence-corrected chi connectivity index (χ0v) is 14.8. The van der Waals surface area contributed by atoms with Crippen molar-refractivity contribution in [2.45, 2.75) is 33.2 Å². The van der Waals surface area contributed by atoms with Gasteiger partial charge in [0.05, 0.1) is 11.7 Å². The highest BCUT2D eigenvalue weighted by Gasteiger charge is 2.19. The highest BCUT2D eigenvalue weighted by atomic mass is 19.1. The molecule has 1 atom stereocenters. The van der Waals surface area contributed by atoms with E-state index in [1.807, 2.05) is 62.2 Å². The first kappa shape index (κ1) is 17.1. The van der Waals surface area contributed by atoms with Crippen LogP contribution in [0, 0.1) is 12.7 Å². The second-order valence-corrected chi connectivity index (χ2v) is 6.18. The van der Waals surface area contributed by atoms with Gasteiger partial charge in [-0.2, -0.15) is 0 Å². The Morgan fingerprint density at radius 2 is 2.08 bits per heavy atom. The predicted molar refractivity (Wildman–Crippen MR) is 99.1 cm³/mol. The molecule has 1 aliphatic rings. The molecule has 1 aromatic carbocycles. The number of aromatic nitrogens is 2. The van der Waals surface area contributed by atoms with Gasteiger partial charge in [0, 0.05) is 23.7 Å². The van der Waals surface area contributed by atoms with Crippen LogP contribution in [-0.2, 0) is 6.42 Å². The first-order chi connectivity index (χ1) is 12.0. The molecule has 0 radical (unpaired) electrons. The quantitative estimate of drug-likeness (QED) is 0.789. The van der Waals surface area contributed by atoms with E-state index in [4.69, 9.17) is 0 Å². The molecule has 1 aliphatic heterocycles. The first-order valence-corrected chi connectivity index (χ1v) is 8.45. The van der Waals surface area contributed by atoms with Gasteiger partial charge in [-0.1, -0.05) is 25.6 Å². The van der Waals surface area contributed by atoms with Crippen molar-refractivity contribution in [2.75, 3.05) is 0 Å². The van der Waals surface area contributed by atoms with Crippen LogP contribution in [0.5, 0.6) is 0 Å². The second kappa shape index (κ2) is 7.01. The van der Waals surface area contributed by atoms with Crippen molar-refractivity contribution in [3.8, 4) is 0 Å². The van der Waals surface area contributed by atoms with Crippen LogP contribution >= 0.6 is 0 Å². The summed E-state index contributed by atoms with van der Waals surface area (Å²) in [5.41, 5.74) is 4.38. The van der Waals surface area contributed by atoms with Crippen molar-refractivity contribution in [3.05, 3.63) is 89.6 Å². The summed E-state index contributed by atoms with van der Waals surface area (Å²) in [6, 6.07) is 7.35. The molecule has 1 unspecified atom stereocenters. The van der Waals surface area contributed by atoms with Crippen LogP contribution in [0.4, 0.5) is 4.39 Å². The zero-order chi connectivity index (χ0) is 18.0. The summed E-state index contributed by atoms with van der Waals surface area (Å²) in [4.78, 5) is 10.6. The third-order valence-corrected chi connectivity index (χ3v) is 4.50. The summed E-state index contributed by atoms with van der Waals surface area (Å²) in [5, 5.41) is 0. The van der Waals surface area contributed by atoms with Gasteiger partial charge in [-0.25, -0.2) is 14.4 Å². The summed E-state index contributed by atoms with van der Waals surface area (Å²) < 4.78 is 14.1. The lowest BCUT2D eigenvalue weighted by Gasteiger charge is -2.31. The zero-order valence-electron chi connectivity index (χ0n) is 14.8. The molecular formula is C21H22FN3. The minimum absolute atomic E-state index is 0.00547. The summed E-state index contributed by atoms with van der Waals surface area (Å²) in [6.45, 7) is 10.0. The highest BCUT2D eigenvalue weighted by Crippen LogP contribution is 2.31. The topological polar surface area (TPSA) is 29.0 Å². The average molecular weight is 335 g/mol. The van der Waals surface area contributed by atoms with E-state index in [1.165, 1.54) is 0 Å². The molecule has 2 aromatic rings. The molecule has 0 aliphatic carbocycles. The monoisotopic (exact) mass is 335 g/mol. The van der Waals surface area contributed by atoms with Gasteiger partial charge < -0.3 is 4.90 Å². The number of rotatable bonds is 4.